The molecule has 0 N–H and O–H groups in total. The maximum atomic E-state index is 12.3. The molecule has 0 bridgehead atoms. The van der Waals surface area contributed by atoms with Gasteiger partial charge in [-0.05, 0) is 56.7 Å². The number of ether oxygens (including phenoxy) is 1. The summed E-state index contributed by atoms with van der Waals surface area (Å²) in [5.74, 6) is 1.50. The van der Waals surface area contributed by atoms with Gasteiger partial charge < -0.3 is 9.64 Å². The molecular weight excluding hydrogens is 262 g/mol. The Bertz CT molecular complexity index is 618. The SMILES string of the molecule is CCN(CC)C(=O)c1cccc(Oc2cccc(C)c2)c1. The third kappa shape index (κ3) is 3.85. The predicted molar refractivity (Wildman–Crippen MR) is 84.9 cm³/mol. The summed E-state index contributed by atoms with van der Waals surface area (Å²) in [7, 11) is 0. The zero-order valence-electron chi connectivity index (χ0n) is 12.8. The van der Waals surface area contributed by atoms with E-state index in [1.807, 2.05) is 63.2 Å². The van der Waals surface area contributed by atoms with E-state index in [0.29, 0.717) is 24.4 Å². The number of rotatable bonds is 5. The number of hydrogen-bond acceptors (Lipinski definition) is 2. The van der Waals surface area contributed by atoms with Crippen LogP contribution < -0.4 is 4.74 Å². The van der Waals surface area contributed by atoms with E-state index in [2.05, 4.69) is 0 Å². The smallest absolute Gasteiger partial charge is 0.253 e. The second kappa shape index (κ2) is 6.93. The molecule has 110 valence electrons. The van der Waals surface area contributed by atoms with Crippen molar-refractivity contribution in [2.45, 2.75) is 20.8 Å². The highest BCUT2D eigenvalue weighted by atomic mass is 16.5. The summed E-state index contributed by atoms with van der Waals surface area (Å²) in [5, 5.41) is 0. The summed E-state index contributed by atoms with van der Waals surface area (Å²) < 4.78 is 5.83. The van der Waals surface area contributed by atoms with Crippen molar-refractivity contribution in [3.8, 4) is 11.5 Å². The van der Waals surface area contributed by atoms with Crippen molar-refractivity contribution in [3.05, 3.63) is 59.7 Å². The third-order valence-corrected chi connectivity index (χ3v) is 3.36. The molecule has 0 aliphatic heterocycles. The number of carbonyl (C=O) groups is 1. The molecule has 0 aromatic heterocycles. The fraction of sp³-hybridized carbons (Fsp3) is 0.278. The van der Waals surface area contributed by atoms with Crippen LogP contribution in [0.2, 0.25) is 0 Å². The van der Waals surface area contributed by atoms with Crippen molar-refractivity contribution in [2.24, 2.45) is 0 Å². The van der Waals surface area contributed by atoms with E-state index in [4.69, 9.17) is 4.74 Å². The number of hydrogen-bond donors (Lipinski definition) is 0. The maximum absolute atomic E-state index is 12.3. The van der Waals surface area contributed by atoms with E-state index < -0.39 is 0 Å². The highest BCUT2D eigenvalue weighted by molar-refractivity contribution is 5.94. The van der Waals surface area contributed by atoms with Gasteiger partial charge in [0.25, 0.3) is 5.91 Å². The molecule has 0 fully saturated rings. The molecule has 2 aromatic rings. The van der Waals surface area contributed by atoms with Crippen LogP contribution in [0.4, 0.5) is 0 Å². The second-order valence-corrected chi connectivity index (χ2v) is 4.92. The van der Waals surface area contributed by atoms with Crippen molar-refractivity contribution < 1.29 is 9.53 Å². The Morgan fingerprint density at radius 2 is 1.62 bits per heavy atom. The lowest BCUT2D eigenvalue weighted by atomic mass is 10.2. The van der Waals surface area contributed by atoms with E-state index >= 15 is 0 Å². The van der Waals surface area contributed by atoms with Gasteiger partial charge in [0, 0.05) is 18.7 Å². The minimum atomic E-state index is 0.0368. The molecule has 0 aliphatic carbocycles. The van der Waals surface area contributed by atoms with Crippen LogP contribution in [-0.4, -0.2) is 23.9 Å². The van der Waals surface area contributed by atoms with Gasteiger partial charge in [-0.25, -0.2) is 0 Å². The molecule has 2 rings (SSSR count). The fourth-order valence-electron chi connectivity index (χ4n) is 2.20. The monoisotopic (exact) mass is 283 g/mol. The summed E-state index contributed by atoms with van der Waals surface area (Å²) in [6, 6.07) is 15.2. The number of aryl methyl sites for hydroxylation is 1. The minimum Gasteiger partial charge on any atom is -0.457 e. The summed E-state index contributed by atoms with van der Waals surface area (Å²) in [6.45, 7) is 7.40. The second-order valence-electron chi connectivity index (χ2n) is 4.92. The van der Waals surface area contributed by atoms with Crippen molar-refractivity contribution in [1.82, 2.24) is 4.90 Å². The lowest BCUT2D eigenvalue weighted by Crippen LogP contribution is -2.30. The normalized spacial score (nSPS) is 10.2. The average Bonchev–Trinajstić information content (AvgIpc) is 2.48. The Morgan fingerprint density at radius 1 is 1.00 bits per heavy atom. The third-order valence-electron chi connectivity index (χ3n) is 3.36. The Kier molecular flexibility index (Phi) is 4.99. The Morgan fingerprint density at radius 3 is 2.24 bits per heavy atom. The van der Waals surface area contributed by atoms with Gasteiger partial charge in [-0.15, -0.1) is 0 Å². The van der Waals surface area contributed by atoms with E-state index in [0.717, 1.165) is 11.3 Å². The molecule has 0 saturated carbocycles. The number of nitrogens with zero attached hydrogens (tertiary/aromatic N) is 1. The molecule has 0 saturated heterocycles. The highest BCUT2D eigenvalue weighted by Crippen LogP contribution is 2.23. The van der Waals surface area contributed by atoms with Crippen LogP contribution in [0, 0.1) is 6.92 Å². The molecular formula is C18H21NO2. The zero-order chi connectivity index (χ0) is 15.2. The summed E-state index contributed by atoms with van der Waals surface area (Å²) >= 11 is 0. The average molecular weight is 283 g/mol. The van der Waals surface area contributed by atoms with Gasteiger partial charge in [0.2, 0.25) is 0 Å². The Balaban J connectivity index is 2.20. The molecule has 2 aromatic carbocycles. The topological polar surface area (TPSA) is 29.5 Å². The highest BCUT2D eigenvalue weighted by Gasteiger charge is 2.13. The first-order chi connectivity index (χ1) is 10.1. The molecule has 0 heterocycles. The minimum absolute atomic E-state index is 0.0368. The molecule has 0 radical (unpaired) electrons. The lowest BCUT2D eigenvalue weighted by molar-refractivity contribution is 0.0772. The van der Waals surface area contributed by atoms with Crippen LogP contribution in [0.15, 0.2) is 48.5 Å². The lowest BCUT2D eigenvalue weighted by Gasteiger charge is -2.18. The summed E-state index contributed by atoms with van der Waals surface area (Å²) in [6.07, 6.45) is 0. The summed E-state index contributed by atoms with van der Waals surface area (Å²) in [5.41, 5.74) is 1.80. The van der Waals surface area contributed by atoms with Gasteiger partial charge in [0.05, 0.1) is 0 Å². The van der Waals surface area contributed by atoms with Gasteiger partial charge in [-0.1, -0.05) is 18.2 Å². The van der Waals surface area contributed by atoms with E-state index in [-0.39, 0.29) is 5.91 Å². The first kappa shape index (κ1) is 15.1. The molecule has 0 spiro atoms. The molecule has 0 atom stereocenters. The molecule has 0 unspecified atom stereocenters. The van der Waals surface area contributed by atoms with E-state index in [9.17, 15) is 4.79 Å². The number of carbonyl (C=O) groups excluding carboxylic acids is 1. The zero-order valence-corrected chi connectivity index (χ0v) is 12.8. The largest absolute Gasteiger partial charge is 0.457 e. The van der Waals surface area contributed by atoms with Crippen LogP contribution >= 0.6 is 0 Å². The van der Waals surface area contributed by atoms with Crippen LogP contribution in [0.5, 0.6) is 11.5 Å². The van der Waals surface area contributed by atoms with Gasteiger partial charge in [0.15, 0.2) is 0 Å². The van der Waals surface area contributed by atoms with Crippen LogP contribution in [0.25, 0.3) is 0 Å². The van der Waals surface area contributed by atoms with E-state index in [1.165, 1.54) is 0 Å². The standard InChI is InChI=1S/C18H21NO2/c1-4-19(5-2)18(20)15-9-7-11-17(13-15)21-16-10-6-8-14(3)12-16/h6-13H,4-5H2,1-3H3. The number of amides is 1. The first-order valence-corrected chi connectivity index (χ1v) is 7.28. The van der Waals surface area contributed by atoms with Crippen molar-refractivity contribution in [2.75, 3.05) is 13.1 Å². The maximum Gasteiger partial charge on any atom is 0.253 e. The van der Waals surface area contributed by atoms with Crippen molar-refractivity contribution >= 4 is 5.91 Å². The molecule has 21 heavy (non-hydrogen) atoms. The molecule has 0 aliphatic rings. The summed E-state index contributed by atoms with van der Waals surface area (Å²) in [4.78, 5) is 14.1. The Hall–Kier alpha value is -2.29. The molecule has 3 nitrogen and oxygen atoms in total. The Labute approximate surface area is 126 Å². The van der Waals surface area contributed by atoms with Gasteiger partial charge in [0.1, 0.15) is 11.5 Å². The van der Waals surface area contributed by atoms with Gasteiger partial charge in [-0.2, -0.15) is 0 Å². The fourth-order valence-corrected chi connectivity index (χ4v) is 2.20. The van der Waals surface area contributed by atoms with Crippen molar-refractivity contribution in [1.29, 1.82) is 0 Å². The van der Waals surface area contributed by atoms with Crippen LogP contribution in [0.3, 0.4) is 0 Å². The molecule has 1 amide bonds. The predicted octanol–water partition coefficient (Wildman–Crippen LogP) is 4.27. The van der Waals surface area contributed by atoms with Gasteiger partial charge >= 0.3 is 0 Å². The van der Waals surface area contributed by atoms with Crippen LogP contribution in [0.1, 0.15) is 29.8 Å². The van der Waals surface area contributed by atoms with Crippen LogP contribution in [-0.2, 0) is 0 Å². The number of benzene rings is 2. The molecule has 3 heteroatoms. The quantitative estimate of drug-likeness (QED) is 0.820. The van der Waals surface area contributed by atoms with Gasteiger partial charge in [-0.3, -0.25) is 4.79 Å². The van der Waals surface area contributed by atoms with E-state index in [1.54, 1.807) is 11.0 Å². The van der Waals surface area contributed by atoms with Crippen molar-refractivity contribution in [3.63, 3.8) is 0 Å². The first-order valence-electron chi connectivity index (χ1n) is 7.28.